The normalized spacial score (nSPS) is 8.42. The zero-order valence-electron chi connectivity index (χ0n) is 6.48. The van der Waals surface area contributed by atoms with Crippen molar-refractivity contribution in [1.82, 2.24) is 0 Å². The fraction of sp³-hybridized carbons (Fsp3) is 0. The number of furan rings is 1. The van der Waals surface area contributed by atoms with Crippen LogP contribution in [0.15, 0.2) is 59.4 Å². The molecule has 0 saturated carbocycles. The van der Waals surface area contributed by atoms with Crippen molar-refractivity contribution in [2.24, 2.45) is 0 Å². The third-order valence-electron chi connectivity index (χ3n) is 1.16. The second kappa shape index (κ2) is 5.13. The van der Waals surface area contributed by atoms with Crippen LogP contribution in [0, 0.1) is 5.82 Å². The van der Waals surface area contributed by atoms with Gasteiger partial charge in [-0.05, 0) is 24.3 Å². The Balaban J connectivity index is 0.000000127. The molecule has 62 valence electrons. The SMILES string of the molecule is Fc1ccccc1.c1ccoc1. The lowest BCUT2D eigenvalue weighted by Crippen LogP contribution is -1.63. The first-order valence-corrected chi connectivity index (χ1v) is 3.57. The summed E-state index contributed by atoms with van der Waals surface area (Å²) in [4.78, 5) is 0. The van der Waals surface area contributed by atoms with E-state index in [1.54, 1.807) is 30.7 Å². The van der Waals surface area contributed by atoms with E-state index < -0.39 is 0 Å². The Kier molecular flexibility index (Phi) is 3.64. The minimum Gasteiger partial charge on any atom is -0.473 e. The number of hydrogen-bond donors (Lipinski definition) is 0. The van der Waals surface area contributed by atoms with E-state index in [0.717, 1.165) is 0 Å². The van der Waals surface area contributed by atoms with E-state index in [1.807, 2.05) is 12.1 Å². The van der Waals surface area contributed by atoms with Gasteiger partial charge in [-0.25, -0.2) is 4.39 Å². The van der Waals surface area contributed by atoms with Gasteiger partial charge in [-0.15, -0.1) is 0 Å². The first kappa shape index (κ1) is 8.53. The minimum atomic E-state index is -0.178. The number of hydrogen-bond acceptors (Lipinski definition) is 1. The highest BCUT2D eigenvalue weighted by atomic mass is 19.1. The average molecular weight is 164 g/mol. The van der Waals surface area contributed by atoms with Crippen molar-refractivity contribution >= 4 is 0 Å². The summed E-state index contributed by atoms with van der Waals surface area (Å²) in [5.74, 6) is -0.178. The van der Waals surface area contributed by atoms with Crippen molar-refractivity contribution in [3.63, 3.8) is 0 Å². The van der Waals surface area contributed by atoms with Gasteiger partial charge < -0.3 is 4.42 Å². The van der Waals surface area contributed by atoms with Gasteiger partial charge in [0.1, 0.15) is 5.82 Å². The largest absolute Gasteiger partial charge is 0.473 e. The number of benzene rings is 1. The highest BCUT2D eigenvalue weighted by molar-refractivity contribution is 5.02. The van der Waals surface area contributed by atoms with Crippen molar-refractivity contribution in [2.45, 2.75) is 0 Å². The van der Waals surface area contributed by atoms with Crippen LogP contribution in [0.1, 0.15) is 0 Å². The van der Waals surface area contributed by atoms with E-state index in [2.05, 4.69) is 4.42 Å². The van der Waals surface area contributed by atoms with Crippen molar-refractivity contribution in [3.8, 4) is 0 Å². The molecule has 0 atom stereocenters. The molecule has 0 fully saturated rings. The zero-order chi connectivity index (χ0) is 8.65. The van der Waals surface area contributed by atoms with Crippen LogP contribution < -0.4 is 0 Å². The molecule has 0 saturated heterocycles. The molecule has 0 aliphatic rings. The zero-order valence-corrected chi connectivity index (χ0v) is 6.48. The van der Waals surface area contributed by atoms with Gasteiger partial charge in [0, 0.05) is 0 Å². The molecule has 0 radical (unpaired) electrons. The highest BCUT2D eigenvalue weighted by Gasteiger charge is 1.77. The maximum atomic E-state index is 11.9. The van der Waals surface area contributed by atoms with Gasteiger partial charge in [0.2, 0.25) is 0 Å². The molecule has 0 aliphatic carbocycles. The first-order valence-electron chi connectivity index (χ1n) is 3.57. The molecule has 2 rings (SSSR count). The van der Waals surface area contributed by atoms with E-state index in [0.29, 0.717) is 0 Å². The Labute approximate surface area is 70.5 Å². The van der Waals surface area contributed by atoms with Crippen molar-refractivity contribution in [2.75, 3.05) is 0 Å². The summed E-state index contributed by atoms with van der Waals surface area (Å²) in [6.45, 7) is 0. The molecular weight excluding hydrogens is 155 g/mol. The number of rotatable bonds is 0. The summed E-state index contributed by atoms with van der Waals surface area (Å²) in [6.07, 6.45) is 3.25. The van der Waals surface area contributed by atoms with Crippen LogP contribution in [0.3, 0.4) is 0 Å². The monoisotopic (exact) mass is 164 g/mol. The Bertz CT molecular complexity index is 259. The van der Waals surface area contributed by atoms with Crippen LogP contribution in [0.2, 0.25) is 0 Å². The molecule has 0 aliphatic heterocycles. The molecule has 2 heteroatoms. The Morgan fingerprint density at radius 3 is 1.67 bits per heavy atom. The Morgan fingerprint density at radius 2 is 1.42 bits per heavy atom. The van der Waals surface area contributed by atoms with E-state index in [-0.39, 0.29) is 5.82 Å². The quantitative estimate of drug-likeness (QED) is 0.583. The Morgan fingerprint density at radius 1 is 0.833 bits per heavy atom. The third-order valence-corrected chi connectivity index (χ3v) is 1.16. The molecule has 12 heavy (non-hydrogen) atoms. The van der Waals surface area contributed by atoms with Gasteiger partial charge in [-0.3, -0.25) is 0 Å². The van der Waals surface area contributed by atoms with Crippen molar-refractivity contribution < 1.29 is 8.81 Å². The first-order chi connectivity index (χ1) is 5.89. The summed E-state index contributed by atoms with van der Waals surface area (Å²) >= 11 is 0. The predicted molar refractivity (Wildman–Crippen MR) is 45.1 cm³/mol. The second-order valence-electron chi connectivity index (χ2n) is 2.09. The lowest BCUT2D eigenvalue weighted by Gasteiger charge is -1.78. The second-order valence-corrected chi connectivity index (χ2v) is 2.09. The van der Waals surface area contributed by atoms with Gasteiger partial charge in [0.15, 0.2) is 0 Å². The molecule has 0 unspecified atom stereocenters. The molecule has 0 bridgehead atoms. The van der Waals surface area contributed by atoms with Crippen molar-refractivity contribution in [1.29, 1.82) is 0 Å². The van der Waals surface area contributed by atoms with Gasteiger partial charge in [0.05, 0.1) is 12.5 Å². The molecule has 1 aromatic carbocycles. The minimum absolute atomic E-state index is 0.178. The smallest absolute Gasteiger partial charge is 0.123 e. The molecule has 1 heterocycles. The van der Waals surface area contributed by atoms with Crippen LogP contribution in [0.25, 0.3) is 0 Å². The molecule has 2 aromatic rings. The lowest BCUT2D eigenvalue weighted by molar-refractivity contribution is 0.567. The van der Waals surface area contributed by atoms with Gasteiger partial charge in [-0.1, -0.05) is 18.2 Å². The summed E-state index contributed by atoms with van der Waals surface area (Å²) in [7, 11) is 0. The fourth-order valence-electron chi connectivity index (χ4n) is 0.641. The van der Waals surface area contributed by atoms with E-state index >= 15 is 0 Å². The van der Waals surface area contributed by atoms with Crippen LogP contribution >= 0.6 is 0 Å². The summed E-state index contributed by atoms with van der Waals surface area (Å²) < 4.78 is 16.5. The topological polar surface area (TPSA) is 13.1 Å². The number of halogens is 1. The molecule has 0 N–H and O–H groups in total. The molecular formula is C10H9FO. The summed E-state index contributed by atoms with van der Waals surface area (Å²) in [5.41, 5.74) is 0. The lowest BCUT2D eigenvalue weighted by atomic mass is 10.4. The van der Waals surface area contributed by atoms with Gasteiger partial charge in [-0.2, -0.15) is 0 Å². The van der Waals surface area contributed by atoms with Crippen molar-refractivity contribution in [3.05, 3.63) is 60.8 Å². The summed E-state index contributed by atoms with van der Waals surface area (Å²) in [6, 6.07) is 11.6. The highest BCUT2D eigenvalue weighted by Crippen LogP contribution is 1.91. The molecule has 1 aromatic heterocycles. The van der Waals surface area contributed by atoms with E-state index in [4.69, 9.17) is 0 Å². The maximum Gasteiger partial charge on any atom is 0.123 e. The van der Waals surface area contributed by atoms with Crippen LogP contribution in [-0.4, -0.2) is 0 Å². The molecule has 0 spiro atoms. The van der Waals surface area contributed by atoms with E-state index in [1.165, 1.54) is 12.1 Å². The average Bonchev–Trinajstić information content (AvgIpc) is 2.62. The Hall–Kier alpha value is -1.57. The maximum absolute atomic E-state index is 11.9. The van der Waals surface area contributed by atoms with Crippen LogP contribution in [-0.2, 0) is 0 Å². The standard InChI is InChI=1S/C6H5F.C4H4O/c7-6-4-2-1-3-5-6;1-2-4-5-3-1/h1-5H;1-4H. The van der Waals surface area contributed by atoms with Crippen LogP contribution in [0.4, 0.5) is 4.39 Å². The summed E-state index contributed by atoms with van der Waals surface area (Å²) in [5, 5.41) is 0. The fourth-order valence-corrected chi connectivity index (χ4v) is 0.641. The van der Waals surface area contributed by atoms with Gasteiger partial charge >= 0.3 is 0 Å². The molecule has 1 nitrogen and oxygen atoms in total. The van der Waals surface area contributed by atoms with Crippen LogP contribution in [0.5, 0.6) is 0 Å². The van der Waals surface area contributed by atoms with E-state index in [9.17, 15) is 4.39 Å². The molecule has 0 amide bonds. The third kappa shape index (κ3) is 3.56. The van der Waals surface area contributed by atoms with Gasteiger partial charge in [0.25, 0.3) is 0 Å². The predicted octanol–water partition coefficient (Wildman–Crippen LogP) is 3.11.